The predicted molar refractivity (Wildman–Crippen MR) is 57.4 cm³/mol. The predicted octanol–water partition coefficient (Wildman–Crippen LogP) is 2.07. The molecule has 4 nitrogen and oxygen atoms in total. The van der Waals surface area contributed by atoms with Gasteiger partial charge in [0.25, 0.3) is 0 Å². The molecule has 1 aromatic carbocycles. The highest BCUT2D eigenvalue weighted by Crippen LogP contribution is 2.30. The van der Waals surface area contributed by atoms with Crippen LogP contribution in [-0.2, 0) is 26.9 Å². The summed E-state index contributed by atoms with van der Waals surface area (Å²) in [5.74, 6) is -1.15. The monoisotopic (exact) mass is 276 g/mol. The van der Waals surface area contributed by atoms with E-state index in [1.807, 2.05) is 0 Å². The quantitative estimate of drug-likeness (QED) is 0.918. The Hall–Kier alpha value is -1.60. The summed E-state index contributed by atoms with van der Waals surface area (Å²) in [5, 5.41) is 8.69. The molecule has 19 heavy (non-hydrogen) atoms. The van der Waals surface area contributed by atoms with Crippen LogP contribution in [0.15, 0.2) is 24.3 Å². The Morgan fingerprint density at radius 1 is 1.42 bits per heavy atom. The van der Waals surface area contributed by atoms with Gasteiger partial charge in [0.15, 0.2) is 12.4 Å². The van der Waals surface area contributed by atoms with Crippen LogP contribution in [0.2, 0.25) is 0 Å². The molecule has 7 heteroatoms. The number of carboxylic acid groups (broad SMARTS) is 1. The van der Waals surface area contributed by atoms with E-state index < -0.39 is 30.1 Å². The van der Waals surface area contributed by atoms with Gasteiger partial charge in [0.1, 0.15) is 0 Å². The van der Waals surface area contributed by atoms with Gasteiger partial charge >= 0.3 is 12.1 Å². The number of halogens is 3. The summed E-state index contributed by atoms with van der Waals surface area (Å²) in [6.45, 7) is -0.0983. The van der Waals surface area contributed by atoms with Crippen LogP contribution in [0.3, 0.4) is 0 Å². The Balaban J connectivity index is 2.03. The number of aliphatic carboxylic acids is 1. The molecule has 1 aromatic rings. The maximum absolute atomic E-state index is 12.5. The van der Waals surface area contributed by atoms with Crippen LogP contribution in [-0.4, -0.2) is 30.1 Å². The molecule has 0 amide bonds. The van der Waals surface area contributed by atoms with Crippen LogP contribution >= 0.6 is 0 Å². The average molecular weight is 276 g/mol. The summed E-state index contributed by atoms with van der Waals surface area (Å²) in [6.07, 6.45) is -6.22. The van der Waals surface area contributed by atoms with Gasteiger partial charge in [-0.15, -0.1) is 0 Å². The number of hydrogen-bond acceptors (Lipinski definition) is 3. The second-order valence-corrected chi connectivity index (χ2v) is 4.13. The molecule has 0 aliphatic carbocycles. The first-order chi connectivity index (χ1) is 8.86. The van der Waals surface area contributed by atoms with Gasteiger partial charge in [-0.25, -0.2) is 4.79 Å². The molecule has 104 valence electrons. The molecular weight excluding hydrogens is 265 g/mol. The fourth-order valence-corrected chi connectivity index (χ4v) is 1.76. The smallest absolute Gasteiger partial charge is 0.416 e. The molecule has 0 spiro atoms. The number of rotatable bonds is 3. The van der Waals surface area contributed by atoms with E-state index in [0.29, 0.717) is 5.56 Å². The fourth-order valence-electron chi connectivity index (χ4n) is 1.76. The lowest BCUT2D eigenvalue weighted by Crippen LogP contribution is -2.23. The first-order valence-electron chi connectivity index (χ1n) is 5.52. The average Bonchev–Trinajstić information content (AvgIpc) is 2.77. The van der Waals surface area contributed by atoms with Gasteiger partial charge in [0.2, 0.25) is 0 Å². The molecule has 2 unspecified atom stereocenters. The van der Waals surface area contributed by atoms with Gasteiger partial charge in [-0.2, -0.15) is 13.2 Å². The van der Waals surface area contributed by atoms with Crippen molar-refractivity contribution in [3.8, 4) is 0 Å². The van der Waals surface area contributed by atoms with Crippen LogP contribution in [0, 0.1) is 0 Å². The SMILES string of the molecule is O=C(O)C1COC(Cc2cccc(C(F)(F)F)c2)O1. The normalized spacial score (nSPS) is 23.5. The third-order valence-electron chi connectivity index (χ3n) is 2.68. The fraction of sp³-hybridized carbons (Fsp3) is 0.417. The number of benzene rings is 1. The minimum atomic E-state index is -4.41. The van der Waals surface area contributed by atoms with Crippen molar-refractivity contribution in [3.63, 3.8) is 0 Å². The van der Waals surface area contributed by atoms with Crippen LogP contribution < -0.4 is 0 Å². The van der Waals surface area contributed by atoms with Gasteiger partial charge in [-0.3, -0.25) is 0 Å². The zero-order chi connectivity index (χ0) is 14.0. The minimum absolute atomic E-state index is 0.0771. The van der Waals surface area contributed by atoms with Gasteiger partial charge in [0.05, 0.1) is 12.2 Å². The molecular formula is C12H11F3O4. The van der Waals surface area contributed by atoms with Crippen LogP contribution in [0.25, 0.3) is 0 Å². The third kappa shape index (κ3) is 3.45. The lowest BCUT2D eigenvalue weighted by Gasteiger charge is -2.12. The Labute approximate surface area is 106 Å². The molecule has 0 aromatic heterocycles. The summed E-state index contributed by atoms with van der Waals surface area (Å²) in [5.41, 5.74) is -0.372. The van der Waals surface area contributed by atoms with E-state index in [1.54, 1.807) is 0 Å². The van der Waals surface area contributed by atoms with Crippen molar-refractivity contribution < 1.29 is 32.5 Å². The molecule has 1 saturated heterocycles. The number of alkyl halides is 3. The molecule has 0 radical (unpaired) electrons. The highest BCUT2D eigenvalue weighted by Gasteiger charge is 2.33. The van der Waals surface area contributed by atoms with E-state index in [9.17, 15) is 18.0 Å². The van der Waals surface area contributed by atoms with Crippen LogP contribution in [0.4, 0.5) is 13.2 Å². The van der Waals surface area contributed by atoms with E-state index in [0.717, 1.165) is 12.1 Å². The van der Waals surface area contributed by atoms with Crippen molar-refractivity contribution in [2.24, 2.45) is 0 Å². The highest BCUT2D eigenvalue weighted by atomic mass is 19.4. The number of ether oxygens (including phenoxy) is 2. The second kappa shape index (κ2) is 5.18. The summed E-state index contributed by atoms with van der Waals surface area (Å²) >= 11 is 0. The molecule has 2 rings (SSSR count). The Morgan fingerprint density at radius 2 is 2.16 bits per heavy atom. The molecule has 0 saturated carbocycles. The van der Waals surface area contributed by atoms with Gasteiger partial charge < -0.3 is 14.6 Å². The van der Waals surface area contributed by atoms with Crippen molar-refractivity contribution in [1.29, 1.82) is 0 Å². The van der Waals surface area contributed by atoms with E-state index in [-0.39, 0.29) is 13.0 Å². The number of carboxylic acids is 1. The zero-order valence-electron chi connectivity index (χ0n) is 9.68. The van der Waals surface area contributed by atoms with Gasteiger partial charge in [-0.05, 0) is 11.6 Å². The van der Waals surface area contributed by atoms with Crippen molar-refractivity contribution in [2.45, 2.75) is 25.0 Å². The Bertz CT molecular complexity index is 472. The van der Waals surface area contributed by atoms with E-state index in [4.69, 9.17) is 14.6 Å². The molecule has 1 aliphatic heterocycles. The highest BCUT2D eigenvalue weighted by molar-refractivity contribution is 5.72. The van der Waals surface area contributed by atoms with E-state index >= 15 is 0 Å². The molecule has 1 heterocycles. The standard InChI is InChI=1S/C12H11F3O4/c13-12(14,15)8-3-1-2-7(4-8)5-10-18-6-9(19-10)11(16)17/h1-4,9-10H,5-6H2,(H,16,17). The lowest BCUT2D eigenvalue weighted by atomic mass is 10.1. The lowest BCUT2D eigenvalue weighted by molar-refractivity contribution is -0.150. The first kappa shape index (κ1) is 13.8. The Kier molecular flexibility index (Phi) is 3.77. The zero-order valence-corrected chi connectivity index (χ0v) is 9.68. The molecule has 2 atom stereocenters. The van der Waals surface area contributed by atoms with Crippen LogP contribution in [0.5, 0.6) is 0 Å². The van der Waals surface area contributed by atoms with Crippen molar-refractivity contribution >= 4 is 5.97 Å². The van der Waals surface area contributed by atoms with Crippen molar-refractivity contribution in [2.75, 3.05) is 6.61 Å². The van der Waals surface area contributed by atoms with Crippen molar-refractivity contribution in [3.05, 3.63) is 35.4 Å². The Morgan fingerprint density at radius 3 is 2.74 bits per heavy atom. The summed E-state index contributed by atoms with van der Waals surface area (Å²) in [6, 6.07) is 4.78. The largest absolute Gasteiger partial charge is 0.479 e. The van der Waals surface area contributed by atoms with Crippen LogP contribution in [0.1, 0.15) is 11.1 Å². The number of hydrogen-bond donors (Lipinski definition) is 1. The number of carbonyl (C=O) groups is 1. The van der Waals surface area contributed by atoms with E-state index in [2.05, 4.69) is 0 Å². The summed E-state index contributed by atoms with van der Waals surface area (Å²) in [4.78, 5) is 10.6. The molecule has 0 bridgehead atoms. The van der Waals surface area contributed by atoms with Crippen molar-refractivity contribution in [1.82, 2.24) is 0 Å². The first-order valence-corrected chi connectivity index (χ1v) is 5.52. The summed E-state index contributed by atoms with van der Waals surface area (Å²) in [7, 11) is 0. The molecule has 1 fully saturated rings. The maximum Gasteiger partial charge on any atom is 0.416 e. The van der Waals surface area contributed by atoms with E-state index in [1.165, 1.54) is 12.1 Å². The topological polar surface area (TPSA) is 55.8 Å². The third-order valence-corrected chi connectivity index (χ3v) is 2.68. The second-order valence-electron chi connectivity index (χ2n) is 4.13. The molecule has 1 aliphatic rings. The minimum Gasteiger partial charge on any atom is -0.479 e. The van der Waals surface area contributed by atoms with Gasteiger partial charge in [0, 0.05) is 6.42 Å². The molecule has 1 N–H and O–H groups in total. The maximum atomic E-state index is 12.5. The summed E-state index contributed by atoms with van der Waals surface area (Å²) < 4.78 is 47.6. The van der Waals surface area contributed by atoms with Gasteiger partial charge in [-0.1, -0.05) is 18.2 Å².